The summed E-state index contributed by atoms with van der Waals surface area (Å²) in [5.41, 5.74) is 6.27. The lowest BCUT2D eigenvalue weighted by Gasteiger charge is -2.13. The molecular weight excluding hydrogens is 479 g/mol. The van der Waals surface area contributed by atoms with Gasteiger partial charge in [-0.3, -0.25) is 4.39 Å². The van der Waals surface area contributed by atoms with Crippen molar-refractivity contribution in [2.24, 2.45) is 0 Å². The van der Waals surface area contributed by atoms with E-state index in [-0.39, 0.29) is 19.9 Å². The summed E-state index contributed by atoms with van der Waals surface area (Å²) in [6.45, 7) is 7.98. The van der Waals surface area contributed by atoms with E-state index in [0.717, 1.165) is 34.2 Å². The number of ether oxygens (including phenoxy) is 2. The monoisotopic (exact) mass is 514 g/mol. The summed E-state index contributed by atoms with van der Waals surface area (Å²) in [5, 5.41) is 18.3. The minimum Gasteiger partial charge on any atom is -0.493 e. The van der Waals surface area contributed by atoms with Gasteiger partial charge in [0.05, 0.1) is 33.1 Å². The molecule has 3 aromatic rings. The van der Waals surface area contributed by atoms with E-state index in [1.807, 2.05) is 66.7 Å². The van der Waals surface area contributed by atoms with E-state index < -0.39 is 0 Å². The fourth-order valence-electron chi connectivity index (χ4n) is 3.61. The molecule has 0 aliphatic heterocycles. The van der Waals surface area contributed by atoms with Crippen LogP contribution in [-0.2, 0) is 6.42 Å². The second-order valence-electron chi connectivity index (χ2n) is 9.02. The minimum atomic E-state index is -0.301. The summed E-state index contributed by atoms with van der Waals surface area (Å²) in [7, 11) is 0. The Morgan fingerprint density at radius 1 is 0.711 bits per heavy atom. The molecule has 0 aromatic heterocycles. The topological polar surface area (TPSA) is 58.9 Å². The first kappa shape index (κ1) is 28.7. The highest BCUT2D eigenvalue weighted by Gasteiger charge is 2.07. The SMILES string of the molecule is C=C(CO)CCOc1cc(OCCC(=C)CO)cc(-c2ccc(C#Cc3ccc(CCCF)cc3)cc2)c1. The van der Waals surface area contributed by atoms with Crippen molar-refractivity contribution in [2.45, 2.75) is 25.7 Å². The first-order valence-electron chi connectivity index (χ1n) is 12.7. The smallest absolute Gasteiger partial charge is 0.123 e. The second-order valence-corrected chi connectivity index (χ2v) is 9.02. The third-order valence-corrected chi connectivity index (χ3v) is 5.90. The van der Waals surface area contributed by atoms with Gasteiger partial charge in [-0.25, -0.2) is 0 Å². The molecule has 0 fully saturated rings. The van der Waals surface area contributed by atoms with Crippen LogP contribution in [0.4, 0.5) is 4.39 Å². The number of aliphatic hydroxyl groups is 2. The quantitative estimate of drug-likeness (QED) is 0.196. The van der Waals surface area contributed by atoms with Crippen molar-refractivity contribution in [3.05, 3.63) is 108 Å². The van der Waals surface area contributed by atoms with Crippen molar-refractivity contribution < 1.29 is 24.1 Å². The van der Waals surface area contributed by atoms with Gasteiger partial charge in [0, 0.05) is 30.0 Å². The number of rotatable bonds is 14. The zero-order chi connectivity index (χ0) is 27.2. The summed E-state index contributed by atoms with van der Waals surface area (Å²) < 4.78 is 24.2. The van der Waals surface area contributed by atoms with Gasteiger partial charge in [0.1, 0.15) is 11.5 Å². The molecule has 0 atom stereocenters. The van der Waals surface area contributed by atoms with Crippen LogP contribution in [0.25, 0.3) is 11.1 Å². The maximum absolute atomic E-state index is 12.4. The van der Waals surface area contributed by atoms with Gasteiger partial charge < -0.3 is 19.7 Å². The van der Waals surface area contributed by atoms with Crippen LogP contribution >= 0.6 is 0 Å². The van der Waals surface area contributed by atoms with E-state index in [9.17, 15) is 14.6 Å². The van der Waals surface area contributed by atoms with Gasteiger partial charge in [0.25, 0.3) is 0 Å². The Labute approximate surface area is 225 Å². The predicted octanol–water partition coefficient (Wildman–Crippen LogP) is 6.29. The average Bonchev–Trinajstić information content (AvgIpc) is 2.95. The van der Waals surface area contributed by atoms with Crippen LogP contribution in [0.15, 0.2) is 91.0 Å². The predicted molar refractivity (Wildman–Crippen MR) is 151 cm³/mol. The summed E-state index contributed by atoms with van der Waals surface area (Å²) in [5.74, 6) is 7.69. The molecule has 3 rings (SSSR count). The average molecular weight is 515 g/mol. The van der Waals surface area contributed by atoms with Gasteiger partial charge in [-0.15, -0.1) is 0 Å². The van der Waals surface area contributed by atoms with Crippen LogP contribution in [0.3, 0.4) is 0 Å². The zero-order valence-electron chi connectivity index (χ0n) is 21.7. The Morgan fingerprint density at radius 3 is 1.68 bits per heavy atom. The third-order valence-electron chi connectivity index (χ3n) is 5.90. The van der Waals surface area contributed by atoms with E-state index in [2.05, 4.69) is 25.0 Å². The van der Waals surface area contributed by atoms with Crippen molar-refractivity contribution in [1.82, 2.24) is 0 Å². The molecule has 0 aliphatic rings. The highest BCUT2D eigenvalue weighted by Crippen LogP contribution is 2.30. The highest BCUT2D eigenvalue weighted by atomic mass is 19.1. The summed E-state index contributed by atoms with van der Waals surface area (Å²) >= 11 is 0. The van der Waals surface area contributed by atoms with Crippen LogP contribution in [0, 0.1) is 11.8 Å². The van der Waals surface area contributed by atoms with Crippen molar-refractivity contribution in [3.63, 3.8) is 0 Å². The number of aliphatic hydroxyl groups excluding tert-OH is 2. The lowest BCUT2D eigenvalue weighted by Crippen LogP contribution is -2.03. The molecule has 5 heteroatoms. The Balaban J connectivity index is 1.74. The number of alkyl halides is 1. The molecule has 2 N–H and O–H groups in total. The Morgan fingerprint density at radius 2 is 1.21 bits per heavy atom. The lowest BCUT2D eigenvalue weighted by atomic mass is 10.0. The molecule has 198 valence electrons. The fourth-order valence-corrected chi connectivity index (χ4v) is 3.61. The molecule has 0 unspecified atom stereocenters. The van der Waals surface area contributed by atoms with E-state index in [0.29, 0.717) is 55.1 Å². The molecule has 0 bridgehead atoms. The van der Waals surface area contributed by atoms with Crippen LogP contribution in [0.2, 0.25) is 0 Å². The zero-order valence-corrected chi connectivity index (χ0v) is 21.7. The Bertz CT molecular complexity index is 1210. The molecule has 0 saturated carbocycles. The fraction of sp³-hybridized carbons (Fsp3) is 0.273. The molecule has 0 heterocycles. The Kier molecular flexibility index (Phi) is 11.6. The van der Waals surface area contributed by atoms with Crippen LogP contribution < -0.4 is 9.47 Å². The molecule has 38 heavy (non-hydrogen) atoms. The lowest BCUT2D eigenvalue weighted by molar-refractivity contribution is 0.285. The first-order valence-corrected chi connectivity index (χ1v) is 12.7. The van der Waals surface area contributed by atoms with Gasteiger partial charge in [0.15, 0.2) is 0 Å². The number of hydrogen-bond donors (Lipinski definition) is 2. The van der Waals surface area contributed by atoms with Crippen molar-refractivity contribution in [3.8, 4) is 34.5 Å². The molecule has 0 saturated heterocycles. The summed E-state index contributed by atoms with van der Waals surface area (Å²) in [6.07, 6.45) is 2.39. The van der Waals surface area contributed by atoms with Crippen molar-refractivity contribution in [1.29, 1.82) is 0 Å². The van der Waals surface area contributed by atoms with Crippen LogP contribution in [0.1, 0.15) is 36.0 Å². The third kappa shape index (κ3) is 9.55. The first-order chi connectivity index (χ1) is 18.5. The van der Waals surface area contributed by atoms with Gasteiger partial charge in [0.2, 0.25) is 0 Å². The molecular formula is C33H35FO4. The molecule has 4 nitrogen and oxygen atoms in total. The molecule has 0 radical (unpaired) electrons. The van der Waals surface area contributed by atoms with E-state index >= 15 is 0 Å². The molecule has 3 aromatic carbocycles. The second kappa shape index (κ2) is 15.4. The van der Waals surface area contributed by atoms with Crippen LogP contribution in [-0.4, -0.2) is 43.3 Å². The summed E-state index contributed by atoms with van der Waals surface area (Å²) in [6, 6.07) is 21.6. The number of hydrogen-bond acceptors (Lipinski definition) is 4. The summed E-state index contributed by atoms with van der Waals surface area (Å²) in [4.78, 5) is 0. The molecule has 0 aliphatic carbocycles. The maximum Gasteiger partial charge on any atom is 0.123 e. The minimum absolute atomic E-state index is 0.0620. The van der Waals surface area contributed by atoms with Crippen molar-refractivity contribution >= 4 is 0 Å². The van der Waals surface area contributed by atoms with E-state index in [1.165, 1.54) is 0 Å². The largest absolute Gasteiger partial charge is 0.493 e. The number of aryl methyl sites for hydroxylation is 1. The highest BCUT2D eigenvalue weighted by molar-refractivity contribution is 5.68. The number of halogens is 1. The Hall–Kier alpha value is -3.85. The van der Waals surface area contributed by atoms with Crippen LogP contribution in [0.5, 0.6) is 11.5 Å². The van der Waals surface area contributed by atoms with Gasteiger partial charge in [-0.2, -0.15) is 0 Å². The van der Waals surface area contributed by atoms with Gasteiger partial charge >= 0.3 is 0 Å². The standard InChI is InChI=1S/C33H35FO4/c1-25(23-35)15-18-37-32-20-31(21-33(22-32)38-19-16-26(2)24-36)30-13-11-29(12-14-30)10-9-28-7-5-27(6-8-28)4-3-17-34/h5-8,11-14,20-22,35-36H,1-4,15-19,23-24H2. The maximum atomic E-state index is 12.4. The van der Waals surface area contributed by atoms with E-state index in [4.69, 9.17) is 9.47 Å². The normalized spacial score (nSPS) is 10.4. The molecule has 0 spiro atoms. The van der Waals surface area contributed by atoms with Crippen molar-refractivity contribution in [2.75, 3.05) is 33.1 Å². The van der Waals surface area contributed by atoms with E-state index in [1.54, 1.807) is 0 Å². The molecule has 0 amide bonds. The van der Waals surface area contributed by atoms with Gasteiger partial charge in [-0.05, 0) is 77.1 Å². The number of benzene rings is 3. The van der Waals surface area contributed by atoms with Gasteiger partial charge in [-0.1, -0.05) is 49.3 Å².